The second-order valence-corrected chi connectivity index (χ2v) is 5.62. The molecule has 1 aliphatic rings. The summed E-state index contributed by atoms with van der Waals surface area (Å²) in [5, 5.41) is 6.93. The molecule has 0 saturated carbocycles. The molecule has 0 saturated heterocycles. The van der Waals surface area contributed by atoms with E-state index in [2.05, 4.69) is 10.4 Å². The largest absolute Gasteiger partial charge is 0.445 e. The molecule has 0 bridgehead atoms. The Bertz CT molecular complexity index is 877. The Kier molecular flexibility index (Phi) is 4.48. The molecule has 0 aliphatic carbocycles. The molecule has 6 nitrogen and oxygen atoms in total. The second kappa shape index (κ2) is 6.72. The van der Waals surface area contributed by atoms with Crippen LogP contribution in [0.25, 0.3) is 0 Å². The van der Waals surface area contributed by atoms with Crippen LogP contribution < -0.4 is 5.32 Å². The third kappa shape index (κ3) is 3.38. The lowest BCUT2D eigenvalue weighted by atomic mass is 10.1. The fourth-order valence-corrected chi connectivity index (χ4v) is 2.54. The maximum absolute atomic E-state index is 12.3. The van der Waals surface area contributed by atoms with Crippen molar-refractivity contribution in [3.05, 3.63) is 64.7 Å². The van der Waals surface area contributed by atoms with Gasteiger partial charge in [0, 0.05) is 15.8 Å². The summed E-state index contributed by atoms with van der Waals surface area (Å²) in [5.74, 6) is -1.17. The Labute approximate surface area is 142 Å². The summed E-state index contributed by atoms with van der Waals surface area (Å²) in [4.78, 5) is 36.2. The van der Waals surface area contributed by atoms with E-state index in [0.29, 0.717) is 16.3 Å². The normalized spacial score (nSPS) is 13.3. The average molecular weight is 343 g/mol. The van der Waals surface area contributed by atoms with Gasteiger partial charge < -0.3 is 5.32 Å². The molecule has 0 aromatic heterocycles. The van der Waals surface area contributed by atoms with Crippen molar-refractivity contribution in [1.29, 1.82) is 0 Å². The lowest BCUT2D eigenvalue weighted by molar-refractivity contribution is -0.493. The summed E-state index contributed by atoms with van der Waals surface area (Å²) in [7, 11) is 0. The Morgan fingerprint density at radius 1 is 1.08 bits per heavy atom. The van der Waals surface area contributed by atoms with Crippen LogP contribution in [0, 0.1) is 0 Å². The van der Waals surface area contributed by atoms with Crippen LogP contribution in [0.3, 0.4) is 0 Å². The predicted octanol–water partition coefficient (Wildman–Crippen LogP) is 3.13. The molecule has 1 heterocycles. The Balaban J connectivity index is 1.66. The number of hydrogen-bond donors (Lipinski definition) is 1. The van der Waals surface area contributed by atoms with Crippen LogP contribution in [0.15, 0.2) is 53.6 Å². The topological polar surface area (TPSA) is 78.6 Å². The van der Waals surface area contributed by atoms with Crippen LogP contribution in [0.5, 0.6) is 0 Å². The number of hydrogen-bond acceptors (Lipinski definition) is 3. The van der Waals surface area contributed by atoms with E-state index in [9.17, 15) is 14.4 Å². The highest BCUT2D eigenvalue weighted by molar-refractivity contribution is 6.30. The number of nitrogens with one attached hydrogen (secondary N) is 1. The van der Waals surface area contributed by atoms with Crippen LogP contribution >= 0.6 is 11.6 Å². The Hall–Kier alpha value is -2.86. The Morgan fingerprint density at radius 3 is 2.58 bits per heavy atom. The number of amides is 3. The van der Waals surface area contributed by atoms with Crippen molar-refractivity contribution in [2.24, 2.45) is 5.11 Å². The number of azo groups is 2. The van der Waals surface area contributed by atoms with E-state index in [4.69, 9.17) is 11.6 Å². The summed E-state index contributed by atoms with van der Waals surface area (Å²) < 4.78 is 1.03. The first-order valence-electron chi connectivity index (χ1n) is 7.27. The molecular weight excluding hydrogens is 330 g/mol. The van der Waals surface area contributed by atoms with E-state index in [1.807, 2.05) is 0 Å². The zero-order valence-corrected chi connectivity index (χ0v) is 13.3. The number of nitrogens with zero attached hydrogens (tertiary/aromatic N) is 2. The molecule has 3 amide bonds. The van der Waals surface area contributed by atoms with Crippen molar-refractivity contribution >= 4 is 35.0 Å². The molecule has 1 N–H and O–H groups in total. The van der Waals surface area contributed by atoms with Crippen molar-refractivity contribution in [1.82, 2.24) is 0 Å². The van der Waals surface area contributed by atoms with Crippen molar-refractivity contribution < 1.29 is 19.1 Å². The first-order chi connectivity index (χ1) is 11.5. The zero-order valence-electron chi connectivity index (χ0n) is 12.5. The van der Waals surface area contributed by atoms with Gasteiger partial charge in [-0.25, -0.2) is 4.79 Å². The van der Waals surface area contributed by atoms with E-state index in [1.165, 1.54) is 0 Å². The lowest BCUT2D eigenvalue weighted by Crippen LogP contribution is -2.30. The molecule has 0 atom stereocenters. The molecule has 120 valence electrons. The molecule has 2 aromatic rings. The highest BCUT2D eigenvalue weighted by Crippen LogP contribution is 2.17. The van der Waals surface area contributed by atoms with E-state index in [0.717, 1.165) is 4.70 Å². The molecule has 24 heavy (non-hydrogen) atoms. The van der Waals surface area contributed by atoms with Gasteiger partial charge in [-0.05, 0) is 35.0 Å². The van der Waals surface area contributed by atoms with Crippen molar-refractivity contribution in [3.8, 4) is 0 Å². The predicted molar refractivity (Wildman–Crippen MR) is 87.4 cm³/mol. The number of benzene rings is 2. The van der Waals surface area contributed by atoms with E-state index in [1.54, 1.807) is 48.5 Å². The fraction of sp³-hybridized carbons (Fsp3) is 0.118. The fourth-order valence-electron chi connectivity index (χ4n) is 2.35. The minimum atomic E-state index is -0.486. The molecule has 0 unspecified atom stereocenters. The SMILES string of the molecule is O=C(CC[N+]1=NC(=O)c2ccccc2C1=O)Nc1cccc(Cl)c1. The number of fused-ring (bicyclic) bond motifs is 1. The molecular formula is C17H13ClN3O3+. The molecule has 0 fully saturated rings. The number of rotatable bonds is 4. The molecule has 0 radical (unpaired) electrons. The van der Waals surface area contributed by atoms with Crippen LogP contribution in [0.1, 0.15) is 27.1 Å². The zero-order chi connectivity index (χ0) is 17.1. The standard InChI is InChI=1S/C17H12ClN3O3/c18-11-4-3-5-12(10-11)19-15(22)8-9-21-17(24)14-7-2-1-6-13(14)16(23)20-21/h1-7,10H,8-9H2/p+1. The minimum absolute atomic E-state index is 0.0111. The van der Waals surface area contributed by atoms with Crippen LogP contribution in [-0.4, -0.2) is 29.0 Å². The first-order valence-corrected chi connectivity index (χ1v) is 7.65. The van der Waals surface area contributed by atoms with Gasteiger partial charge in [0.25, 0.3) is 0 Å². The smallest absolute Gasteiger partial charge is 0.326 e. The van der Waals surface area contributed by atoms with Gasteiger partial charge in [-0.2, -0.15) is 0 Å². The second-order valence-electron chi connectivity index (χ2n) is 5.19. The first kappa shape index (κ1) is 16.0. The van der Waals surface area contributed by atoms with E-state index < -0.39 is 5.91 Å². The summed E-state index contributed by atoms with van der Waals surface area (Å²) in [6, 6.07) is 13.2. The van der Waals surface area contributed by atoms with Gasteiger partial charge in [0.05, 0.1) is 12.0 Å². The molecule has 7 heteroatoms. The molecule has 0 spiro atoms. The minimum Gasteiger partial charge on any atom is -0.326 e. The third-order valence-corrected chi connectivity index (χ3v) is 3.73. The monoisotopic (exact) mass is 342 g/mol. The van der Waals surface area contributed by atoms with Crippen molar-refractivity contribution in [3.63, 3.8) is 0 Å². The van der Waals surface area contributed by atoms with E-state index >= 15 is 0 Å². The summed E-state index contributed by atoms with van der Waals surface area (Å²) in [5.41, 5.74) is 1.14. The maximum atomic E-state index is 12.3. The van der Waals surface area contributed by atoms with Gasteiger partial charge in [-0.1, -0.05) is 29.8 Å². The number of carbonyl (C=O) groups is 3. The third-order valence-electron chi connectivity index (χ3n) is 3.49. The van der Waals surface area contributed by atoms with Gasteiger partial charge in [-0.15, -0.1) is 0 Å². The number of anilines is 1. The van der Waals surface area contributed by atoms with Gasteiger partial charge in [-0.3, -0.25) is 9.59 Å². The van der Waals surface area contributed by atoms with Crippen LogP contribution in [0.2, 0.25) is 5.02 Å². The van der Waals surface area contributed by atoms with Crippen molar-refractivity contribution in [2.45, 2.75) is 6.42 Å². The quantitative estimate of drug-likeness (QED) is 0.867. The van der Waals surface area contributed by atoms with Crippen molar-refractivity contribution in [2.75, 3.05) is 11.9 Å². The molecule has 3 rings (SSSR count). The average Bonchev–Trinajstić information content (AvgIpc) is 2.57. The Morgan fingerprint density at radius 2 is 1.83 bits per heavy atom. The summed E-state index contributed by atoms with van der Waals surface area (Å²) >= 11 is 5.85. The van der Waals surface area contributed by atoms with Gasteiger partial charge in [0.15, 0.2) is 6.54 Å². The highest BCUT2D eigenvalue weighted by atomic mass is 35.5. The lowest BCUT2D eigenvalue weighted by Gasteiger charge is -2.08. The van der Waals surface area contributed by atoms with Gasteiger partial charge in [0.2, 0.25) is 5.91 Å². The molecule has 2 aromatic carbocycles. The highest BCUT2D eigenvalue weighted by Gasteiger charge is 2.34. The summed E-state index contributed by atoms with van der Waals surface area (Å²) in [6.45, 7) is 0.0192. The van der Waals surface area contributed by atoms with Gasteiger partial charge >= 0.3 is 11.8 Å². The van der Waals surface area contributed by atoms with Crippen LogP contribution in [0.4, 0.5) is 5.69 Å². The maximum Gasteiger partial charge on any atom is 0.445 e. The molecule has 1 aliphatic heterocycles. The van der Waals surface area contributed by atoms with Gasteiger partial charge in [0.1, 0.15) is 5.56 Å². The van der Waals surface area contributed by atoms with E-state index in [-0.39, 0.29) is 30.3 Å². The number of carbonyl (C=O) groups excluding carboxylic acids is 3. The summed E-state index contributed by atoms with van der Waals surface area (Å²) in [6.07, 6.45) is 0.0111. The number of halogens is 1. The van der Waals surface area contributed by atoms with Crippen LogP contribution in [-0.2, 0) is 4.79 Å².